The van der Waals surface area contributed by atoms with Gasteiger partial charge in [0.2, 0.25) is 0 Å². The Morgan fingerprint density at radius 3 is 2.50 bits per heavy atom. The zero-order valence-corrected chi connectivity index (χ0v) is 12.1. The monoisotopic (exact) mass is 275 g/mol. The van der Waals surface area contributed by atoms with Crippen molar-refractivity contribution in [2.75, 3.05) is 0 Å². The van der Waals surface area contributed by atoms with Gasteiger partial charge in [-0.2, -0.15) is 5.10 Å². The van der Waals surface area contributed by atoms with E-state index >= 15 is 0 Å². The molecule has 4 heteroatoms. The maximum Gasteiger partial charge on any atom is 0.123 e. The van der Waals surface area contributed by atoms with Crippen molar-refractivity contribution < 1.29 is 4.39 Å². The van der Waals surface area contributed by atoms with E-state index in [1.165, 1.54) is 17.8 Å². The summed E-state index contributed by atoms with van der Waals surface area (Å²) in [7, 11) is 0. The molecule has 2 rings (SSSR count). The Balaban J connectivity index is 2.02. The van der Waals surface area contributed by atoms with Crippen LogP contribution < -0.4 is 5.73 Å². The summed E-state index contributed by atoms with van der Waals surface area (Å²) in [6, 6.07) is 8.70. The van der Waals surface area contributed by atoms with Crippen LogP contribution in [0.3, 0.4) is 0 Å². The van der Waals surface area contributed by atoms with Gasteiger partial charge in [-0.25, -0.2) is 4.39 Å². The molecule has 1 atom stereocenters. The first-order chi connectivity index (χ1) is 9.62. The van der Waals surface area contributed by atoms with Gasteiger partial charge in [0.1, 0.15) is 5.82 Å². The average Bonchev–Trinajstić information content (AvgIpc) is 2.83. The Bertz CT molecular complexity index is 545. The second-order valence-corrected chi connectivity index (χ2v) is 5.09. The molecule has 0 saturated carbocycles. The average molecular weight is 275 g/mol. The number of hydrogen-bond donors (Lipinski definition) is 1. The molecule has 0 aliphatic rings. The van der Waals surface area contributed by atoms with Gasteiger partial charge in [0.05, 0.1) is 5.69 Å². The molecule has 0 radical (unpaired) electrons. The summed E-state index contributed by atoms with van der Waals surface area (Å²) < 4.78 is 14.9. The molecule has 0 spiro atoms. The Morgan fingerprint density at radius 1 is 1.20 bits per heavy atom. The lowest BCUT2D eigenvalue weighted by Crippen LogP contribution is -2.26. The van der Waals surface area contributed by atoms with Gasteiger partial charge in [0.15, 0.2) is 0 Å². The normalized spacial score (nSPS) is 12.6. The molecule has 0 saturated heterocycles. The van der Waals surface area contributed by atoms with Gasteiger partial charge in [-0.05, 0) is 43.5 Å². The molecule has 1 aromatic heterocycles. The summed E-state index contributed by atoms with van der Waals surface area (Å²) in [5.74, 6) is -0.209. The van der Waals surface area contributed by atoms with Crippen LogP contribution in [0.4, 0.5) is 4.39 Å². The third-order valence-electron chi connectivity index (χ3n) is 3.46. The molecule has 20 heavy (non-hydrogen) atoms. The van der Waals surface area contributed by atoms with Crippen LogP contribution in [0, 0.1) is 5.82 Å². The predicted octanol–water partition coefficient (Wildman–Crippen LogP) is 2.72. The van der Waals surface area contributed by atoms with Crippen LogP contribution >= 0.6 is 0 Å². The van der Waals surface area contributed by atoms with Crippen molar-refractivity contribution in [2.45, 2.75) is 45.7 Å². The van der Waals surface area contributed by atoms with Crippen molar-refractivity contribution in [2.24, 2.45) is 5.73 Å². The number of benzene rings is 1. The third-order valence-corrected chi connectivity index (χ3v) is 3.46. The van der Waals surface area contributed by atoms with E-state index in [0.29, 0.717) is 0 Å². The van der Waals surface area contributed by atoms with Crippen molar-refractivity contribution in [3.63, 3.8) is 0 Å². The van der Waals surface area contributed by atoms with E-state index in [0.717, 1.165) is 37.1 Å². The minimum atomic E-state index is -0.209. The van der Waals surface area contributed by atoms with E-state index < -0.39 is 0 Å². The Kier molecular flexibility index (Phi) is 4.90. The van der Waals surface area contributed by atoms with E-state index in [-0.39, 0.29) is 11.9 Å². The van der Waals surface area contributed by atoms with Gasteiger partial charge in [-0.1, -0.05) is 19.1 Å². The first kappa shape index (κ1) is 14.7. The van der Waals surface area contributed by atoms with Gasteiger partial charge in [0, 0.05) is 24.7 Å². The molecule has 1 heterocycles. The number of nitrogens with zero attached hydrogens (tertiary/aromatic N) is 2. The fourth-order valence-corrected chi connectivity index (χ4v) is 2.39. The number of rotatable bonds is 6. The SMILES string of the molecule is CCc1cc(CC(N)Cc2ccc(F)cc2)n(CC)n1. The van der Waals surface area contributed by atoms with Crippen molar-refractivity contribution in [1.82, 2.24) is 9.78 Å². The highest BCUT2D eigenvalue weighted by Crippen LogP contribution is 2.11. The van der Waals surface area contributed by atoms with Gasteiger partial charge >= 0.3 is 0 Å². The Labute approximate surface area is 119 Å². The number of nitrogens with two attached hydrogens (primary N) is 1. The highest BCUT2D eigenvalue weighted by Gasteiger charge is 2.11. The van der Waals surface area contributed by atoms with Gasteiger partial charge in [-0.3, -0.25) is 4.68 Å². The van der Waals surface area contributed by atoms with Gasteiger partial charge < -0.3 is 5.73 Å². The standard InChI is InChI=1S/C16H22FN3/c1-3-15-11-16(20(4-2)19-15)10-14(18)9-12-5-7-13(17)8-6-12/h5-8,11,14H,3-4,9-10,18H2,1-2H3. The first-order valence-electron chi connectivity index (χ1n) is 7.18. The zero-order chi connectivity index (χ0) is 14.5. The lowest BCUT2D eigenvalue weighted by atomic mass is 10.0. The Hall–Kier alpha value is -1.68. The number of aromatic nitrogens is 2. The van der Waals surface area contributed by atoms with Gasteiger partial charge in [-0.15, -0.1) is 0 Å². The van der Waals surface area contributed by atoms with E-state index in [4.69, 9.17) is 5.73 Å². The summed E-state index contributed by atoms with van der Waals surface area (Å²) >= 11 is 0. The largest absolute Gasteiger partial charge is 0.327 e. The fourth-order valence-electron chi connectivity index (χ4n) is 2.39. The quantitative estimate of drug-likeness (QED) is 0.881. The lowest BCUT2D eigenvalue weighted by Gasteiger charge is -2.12. The molecule has 2 N–H and O–H groups in total. The second kappa shape index (κ2) is 6.66. The molecule has 3 nitrogen and oxygen atoms in total. The molecular formula is C16H22FN3. The molecule has 0 fully saturated rings. The van der Waals surface area contributed by atoms with Crippen LogP contribution in [0.1, 0.15) is 30.8 Å². The highest BCUT2D eigenvalue weighted by atomic mass is 19.1. The first-order valence-corrected chi connectivity index (χ1v) is 7.18. The van der Waals surface area contributed by atoms with Crippen molar-refractivity contribution in [1.29, 1.82) is 0 Å². The molecule has 0 aliphatic carbocycles. The Morgan fingerprint density at radius 2 is 1.90 bits per heavy atom. The fraction of sp³-hybridized carbons (Fsp3) is 0.438. The zero-order valence-electron chi connectivity index (χ0n) is 12.1. The van der Waals surface area contributed by atoms with Crippen molar-refractivity contribution in [3.8, 4) is 0 Å². The maximum absolute atomic E-state index is 12.9. The van der Waals surface area contributed by atoms with Crippen molar-refractivity contribution in [3.05, 3.63) is 53.1 Å². The van der Waals surface area contributed by atoms with Crippen LogP contribution in [-0.2, 0) is 25.8 Å². The summed E-state index contributed by atoms with van der Waals surface area (Å²) in [6.45, 7) is 5.05. The van der Waals surface area contributed by atoms with Crippen LogP contribution in [0.15, 0.2) is 30.3 Å². The van der Waals surface area contributed by atoms with Crippen LogP contribution in [0.5, 0.6) is 0 Å². The molecule has 2 aromatic rings. The second-order valence-electron chi connectivity index (χ2n) is 5.09. The van der Waals surface area contributed by atoms with E-state index in [1.54, 1.807) is 12.1 Å². The molecule has 0 amide bonds. The molecule has 1 unspecified atom stereocenters. The maximum atomic E-state index is 12.9. The molecule has 0 aliphatic heterocycles. The van der Waals surface area contributed by atoms with Crippen LogP contribution in [-0.4, -0.2) is 15.8 Å². The number of hydrogen-bond acceptors (Lipinski definition) is 2. The molecule has 108 valence electrons. The molecule has 0 bridgehead atoms. The minimum Gasteiger partial charge on any atom is -0.327 e. The van der Waals surface area contributed by atoms with Crippen LogP contribution in [0.2, 0.25) is 0 Å². The smallest absolute Gasteiger partial charge is 0.123 e. The minimum absolute atomic E-state index is 0.0205. The third kappa shape index (κ3) is 3.67. The summed E-state index contributed by atoms with van der Waals surface area (Å²) in [5, 5.41) is 4.53. The summed E-state index contributed by atoms with van der Waals surface area (Å²) in [5.41, 5.74) is 9.57. The van der Waals surface area contributed by atoms with Crippen molar-refractivity contribution >= 4 is 0 Å². The number of aryl methyl sites for hydroxylation is 2. The van der Waals surface area contributed by atoms with Gasteiger partial charge in [0.25, 0.3) is 0 Å². The predicted molar refractivity (Wildman–Crippen MR) is 79.1 cm³/mol. The van der Waals surface area contributed by atoms with Crippen LogP contribution in [0.25, 0.3) is 0 Å². The number of halogens is 1. The highest BCUT2D eigenvalue weighted by molar-refractivity contribution is 5.18. The van der Waals surface area contributed by atoms with E-state index in [1.807, 2.05) is 4.68 Å². The van der Waals surface area contributed by atoms with E-state index in [2.05, 4.69) is 25.0 Å². The summed E-state index contributed by atoms with van der Waals surface area (Å²) in [6.07, 6.45) is 2.47. The summed E-state index contributed by atoms with van der Waals surface area (Å²) in [4.78, 5) is 0. The molecule has 1 aromatic carbocycles. The molecular weight excluding hydrogens is 253 g/mol. The topological polar surface area (TPSA) is 43.8 Å². The van der Waals surface area contributed by atoms with E-state index in [9.17, 15) is 4.39 Å². The lowest BCUT2D eigenvalue weighted by molar-refractivity contribution is 0.572.